The van der Waals surface area contributed by atoms with Crippen LogP contribution >= 0.6 is 22.9 Å². The molecule has 1 aliphatic carbocycles. The summed E-state index contributed by atoms with van der Waals surface area (Å²) in [5, 5.41) is 5.27. The number of sulfone groups is 2. The number of hydrogen-bond donors (Lipinski definition) is 2. The molecule has 3 heterocycles. The second kappa shape index (κ2) is 11.1. The van der Waals surface area contributed by atoms with Gasteiger partial charge >= 0.3 is 0 Å². The quantitative estimate of drug-likeness (QED) is 0.447. The number of aromatic nitrogens is 2. The zero-order valence-corrected chi connectivity index (χ0v) is 25.5. The molecule has 10 nitrogen and oxygen atoms in total. The molecular formula is C25H33ClN4O6S3. The highest BCUT2D eigenvalue weighted by Crippen LogP contribution is 2.44. The van der Waals surface area contributed by atoms with Crippen LogP contribution < -0.4 is 10.6 Å². The molecule has 2 aliphatic rings. The van der Waals surface area contributed by atoms with Gasteiger partial charge in [-0.05, 0) is 49.0 Å². The molecule has 4 rings (SSSR count). The molecule has 0 bridgehead atoms. The molecule has 214 valence electrons. The van der Waals surface area contributed by atoms with Crippen molar-refractivity contribution in [2.75, 3.05) is 22.6 Å². The third-order valence-corrected chi connectivity index (χ3v) is 12.1. The van der Waals surface area contributed by atoms with Gasteiger partial charge < -0.3 is 10.6 Å². The zero-order valence-electron chi connectivity index (χ0n) is 22.3. The molecule has 14 heteroatoms. The monoisotopic (exact) mass is 616 g/mol. The van der Waals surface area contributed by atoms with Gasteiger partial charge in [0.2, 0.25) is 15.0 Å². The Labute approximate surface area is 238 Å². The highest BCUT2D eigenvalue weighted by molar-refractivity contribution is 7.91. The van der Waals surface area contributed by atoms with Gasteiger partial charge in [-0.15, -0.1) is 11.3 Å². The second-order valence-electron chi connectivity index (χ2n) is 11.2. The molecule has 0 spiro atoms. The van der Waals surface area contributed by atoms with E-state index in [2.05, 4.69) is 41.4 Å². The van der Waals surface area contributed by atoms with E-state index in [4.69, 9.17) is 11.6 Å². The van der Waals surface area contributed by atoms with Crippen molar-refractivity contribution >= 4 is 59.4 Å². The van der Waals surface area contributed by atoms with Crippen LogP contribution in [0.25, 0.3) is 0 Å². The Morgan fingerprint density at radius 3 is 2.54 bits per heavy atom. The number of carbonyl (C=O) groups is 2. The van der Waals surface area contributed by atoms with Crippen molar-refractivity contribution in [2.45, 2.75) is 71.0 Å². The number of halogens is 1. The van der Waals surface area contributed by atoms with E-state index in [0.717, 1.165) is 29.5 Å². The van der Waals surface area contributed by atoms with Gasteiger partial charge in [0, 0.05) is 10.9 Å². The van der Waals surface area contributed by atoms with E-state index in [9.17, 15) is 26.4 Å². The molecule has 2 aromatic heterocycles. The first-order valence-electron chi connectivity index (χ1n) is 12.8. The summed E-state index contributed by atoms with van der Waals surface area (Å²) in [6, 6.07) is -0.504. The van der Waals surface area contributed by atoms with Gasteiger partial charge in [0.25, 0.3) is 11.8 Å². The number of thiophene rings is 1. The van der Waals surface area contributed by atoms with Crippen molar-refractivity contribution in [2.24, 2.45) is 11.3 Å². The van der Waals surface area contributed by atoms with Gasteiger partial charge in [0.05, 0.1) is 34.0 Å². The number of amides is 2. The Morgan fingerprint density at radius 1 is 1.21 bits per heavy atom. The van der Waals surface area contributed by atoms with E-state index in [0.29, 0.717) is 35.7 Å². The third-order valence-electron chi connectivity index (χ3n) is 7.20. The van der Waals surface area contributed by atoms with Crippen LogP contribution in [0, 0.1) is 11.3 Å². The summed E-state index contributed by atoms with van der Waals surface area (Å²) in [6.45, 7) is 8.23. The van der Waals surface area contributed by atoms with Gasteiger partial charge in [-0.2, -0.15) is 0 Å². The van der Waals surface area contributed by atoms with Crippen molar-refractivity contribution in [3.8, 4) is 0 Å². The fourth-order valence-electron chi connectivity index (χ4n) is 5.00. The molecule has 39 heavy (non-hydrogen) atoms. The normalized spacial score (nSPS) is 20.8. The lowest BCUT2D eigenvalue weighted by atomic mass is 9.72. The number of fused-ring (bicyclic) bond motifs is 1. The SMILES string of the molecule is CCCS(=O)(=O)c1ncc(Cl)c(C(=O)Nc2sc3c(c2C(=O)NC2CCS(=O)(=O)C2)CCC(C(C)(C)C)C3)n1. The van der Waals surface area contributed by atoms with Crippen LogP contribution in [0.3, 0.4) is 0 Å². The highest BCUT2D eigenvalue weighted by atomic mass is 35.5. The number of carbonyl (C=O) groups excluding carboxylic acids is 2. The standard InChI is InChI=1S/C25H33ClN4O6S3/c1-5-9-39(35,36)24-27-12-17(26)20(29-24)22(32)30-23-19(21(31)28-15-8-10-38(33,34)13-15)16-7-6-14(25(2,3)4)11-18(16)37-23/h12,14-15H,5-11,13H2,1-4H3,(H,28,31)(H,30,32). The van der Waals surface area contributed by atoms with Crippen LogP contribution in [0.2, 0.25) is 5.02 Å². The fourth-order valence-corrected chi connectivity index (χ4v) is 9.34. The van der Waals surface area contributed by atoms with Gasteiger partial charge in [0.1, 0.15) is 5.00 Å². The maximum absolute atomic E-state index is 13.5. The van der Waals surface area contributed by atoms with E-state index >= 15 is 0 Å². The Balaban J connectivity index is 1.69. The van der Waals surface area contributed by atoms with Crippen molar-refractivity contribution in [1.82, 2.24) is 15.3 Å². The minimum absolute atomic E-state index is 0.0199. The number of hydrogen-bond acceptors (Lipinski definition) is 9. The Bertz CT molecular complexity index is 1510. The average molecular weight is 617 g/mol. The largest absolute Gasteiger partial charge is 0.348 e. The van der Waals surface area contributed by atoms with E-state index in [1.54, 1.807) is 6.92 Å². The Morgan fingerprint density at radius 2 is 1.92 bits per heavy atom. The maximum atomic E-state index is 13.5. The summed E-state index contributed by atoms with van der Waals surface area (Å²) in [4.78, 5) is 35.6. The Hall–Kier alpha value is -2.09. The van der Waals surface area contributed by atoms with Crippen LogP contribution in [-0.2, 0) is 32.5 Å². The molecule has 0 saturated carbocycles. The van der Waals surface area contributed by atoms with E-state index in [1.807, 2.05) is 0 Å². The van der Waals surface area contributed by atoms with Crippen LogP contribution in [0.1, 0.15) is 78.2 Å². The third kappa shape index (κ3) is 6.63. The molecule has 1 saturated heterocycles. The van der Waals surface area contributed by atoms with Crippen LogP contribution in [-0.4, -0.2) is 61.9 Å². The van der Waals surface area contributed by atoms with E-state index in [1.165, 1.54) is 11.3 Å². The number of nitrogens with zero attached hydrogens (tertiary/aromatic N) is 2. The van der Waals surface area contributed by atoms with Gasteiger partial charge in [-0.3, -0.25) is 9.59 Å². The molecule has 2 amide bonds. The molecule has 0 aromatic carbocycles. The summed E-state index contributed by atoms with van der Waals surface area (Å²) in [7, 11) is -7.00. The van der Waals surface area contributed by atoms with E-state index in [-0.39, 0.29) is 33.4 Å². The molecule has 1 fully saturated rings. The minimum Gasteiger partial charge on any atom is -0.348 e. The highest BCUT2D eigenvalue weighted by Gasteiger charge is 2.36. The molecule has 2 aromatic rings. The Kier molecular flexibility index (Phi) is 8.47. The van der Waals surface area contributed by atoms with E-state index < -0.39 is 42.7 Å². The average Bonchev–Trinajstić information content (AvgIpc) is 3.36. The first kappa shape index (κ1) is 29.9. The first-order chi connectivity index (χ1) is 18.1. The van der Waals surface area contributed by atoms with Crippen molar-refractivity contribution in [3.63, 3.8) is 0 Å². The van der Waals surface area contributed by atoms with Crippen LogP contribution in [0.15, 0.2) is 11.4 Å². The summed E-state index contributed by atoms with van der Waals surface area (Å²) in [5.41, 5.74) is 0.896. The van der Waals surface area contributed by atoms with Gasteiger partial charge in [0.15, 0.2) is 15.5 Å². The summed E-state index contributed by atoms with van der Waals surface area (Å²) in [6.07, 6.45) is 4.02. The second-order valence-corrected chi connectivity index (χ2v) is 17.0. The van der Waals surface area contributed by atoms with Crippen LogP contribution in [0.5, 0.6) is 0 Å². The number of rotatable bonds is 7. The smallest absolute Gasteiger partial charge is 0.276 e. The first-order valence-corrected chi connectivity index (χ1v) is 17.5. The van der Waals surface area contributed by atoms with Crippen molar-refractivity contribution in [1.29, 1.82) is 0 Å². The molecule has 0 radical (unpaired) electrons. The molecule has 2 unspecified atom stereocenters. The van der Waals surface area contributed by atoms with Crippen LogP contribution in [0.4, 0.5) is 5.00 Å². The molecule has 2 atom stereocenters. The molecule has 1 aliphatic heterocycles. The summed E-state index contributed by atoms with van der Waals surface area (Å²) >= 11 is 7.48. The summed E-state index contributed by atoms with van der Waals surface area (Å²) in [5.74, 6) is -1.11. The maximum Gasteiger partial charge on any atom is 0.276 e. The lowest BCUT2D eigenvalue weighted by molar-refractivity contribution is 0.0941. The topological polar surface area (TPSA) is 152 Å². The predicted molar refractivity (Wildman–Crippen MR) is 151 cm³/mol. The van der Waals surface area contributed by atoms with Crippen molar-refractivity contribution in [3.05, 3.63) is 32.9 Å². The number of nitrogens with one attached hydrogen (secondary N) is 2. The van der Waals surface area contributed by atoms with Crippen molar-refractivity contribution < 1.29 is 26.4 Å². The summed E-state index contributed by atoms with van der Waals surface area (Å²) < 4.78 is 48.8. The minimum atomic E-state index is -3.79. The fraction of sp³-hybridized carbons (Fsp3) is 0.600. The molecular weight excluding hydrogens is 584 g/mol. The lowest BCUT2D eigenvalue weighted by Crippen LogP contribution is -2.36. The lowest BCUT2D eigenvalue weighted by Gasteiger charge is -2.33. The van der Waals surface area contributed by atoms with Gasteiger partial charge in [-0.25, -0.2) is 26.8 Å². The zero-order chi connectivity index (χ0) is 28.8. The number of anilines is 1. The molecule has 2 N–H and O–H groups in total. The van der Waals surface area contributed by atoms with Gasteiger partial charge in [-0.1, -0.05) is 39.3 Å². The predicted octanol–water partition coefficient (Wildman–Crippen LogP) is 3.70.